The molecule has 3 heteroatoms. The van der Waals surface area contributed by atoms with Gasteiger partial charge in [-0.05, 0) is 12.8 Å². The summed E-state index contributed by atoms with van der Waals surface area (Å²) in [4.78, 5) is 23.2. The van der Waals surface area contributed by atoms with E-state index in [2.05, 4.69) is 5.32 Å². The Hall–Kier alpha value is -0.700. The Morgan fingerprint density at radius 1 is 1.12 bits per heavy atom. The van der Waals surface area contributed by atoms with Crippen LogP contribution in [-0.4, -0.2) is 23.7 Å². The van der Waals surface area contributed by atoms with E-state index in [-0.39, 0.29) is 23.5 Å². The van der Waals surface area contributed by atoms with E-state index in [1.165, 1.54) is 0 Å². The molecule has 0 saturated carbocycles. The summed E-state index contributed by atoms with van der Waals surface area (Å²) in [6, 6.07) is 0.198. The number of hydrogen-bond acceptors (Lipinski definition) is 3. The van der Waals surface area contributed by atoms with Crippen LogP contribution in [0.3, 0.4) is 0 Å². The van der Waals surface area contributed by atoms with Gasteiger partial charge in [-0.1, -0.05) is 34.6 Å². The van der Waals surface area contributed by atoms with E-state index >= 15 is 0 Å². The quantitative estimate of drug-likeness (QED) is 0.675. The largest absolute Gasteiger partial charge is 0.305 e. The molecule has 0 spiro atoms. The standard InChI is InChI=1S/C14H27NO2/c1-6-12(16)8-7-9-13(15-11(4)5)14(17)10(2)3/h10-11,13,15H,6-9H2,1-5H3/t13-/m1/s1. The van der Waals surface area contributed by atoms with Crippen LogP contribution < -0.4 is 5.32 Å². The summed E-state index contributed by atoms with van der Waals surface area (Å²) >= 11 is 0. The highest BCUT2D eigenvalue weighted by Gasteiger charge is 2.21. The minimum atomic E-state index is -0.0975. The lowest BCUT2D eigenvalue weighted by Crippen LogP contribution is -2.42. The summed E-state index contributed by atoms with van der Waals surface area (Å²) in [5, 5.41) is 3.29. The van der Waals surface area contributed by atoms with E-state index in [4.69, 9.17) is 0 Å². The molecule has 0 bridgehead atoms. The molecule has 0 rings (SSSR count). The second-order valence-electron chi connectivity index (χ2n) is 5.22. The average molecular weight is 241 g/mol. The maximum Gasteiger partial charge on any atom is 0.152 e. The van der Waals surface area contributed by atoms with E-state index in [9.17, 15) is 9.59 Å². The second-order valence-corrected chi connectivity index (χ2v) is 5.22. The maximum atomic E-state index is 12.0. The van der Waals surface area contributed by atoms with Crippen LogP contribution in [0.4, 0.5) is 0 Å². The van der Waals surface area contributed by atoms with Crippen LogP contribution in [-0.2, 0) is 9.59 Å². The molecule has 0 aromatic rings. The Balaban J connectivity index is 4.20. The zero-order valence-corrected chi connectivity index (χ0v) is 11.9. The van der Waals surface area contributed by atoms with Crippen LogP contribution in [0.2, 0.25) is 0 Å². The Bertz CT molecular complexity index is 247. The third kappa shape index (κ3) is 7.27. The lowest BCUT2D eigenvalue weighted by molar-refractivity contribution is -0.124. The van der Waals surface area contributed by atoms with Crippen LogP contribution in [0, 0.1) is 5.92 Å². The van der Waals surface area contributed by atoms with Crippen LogP contribution in [0.1, 0.15) is 60.3 Å². The van der Waals surface area contributed by atoms with Crippen LogP contribution >= 0.6 is 0 Å². The number of rotatable bonds is 9. The molecule has 17 heavy (non-hydrogen) atoms. The van der Waals surface area contributed by atoms with Crippen molar-refractivity contribution in [2.24, 2.45) is 5.92 Å². The average Bonchev–Trinajstić information content (AvgIpc) is 2.25. The fraction of sp³-hybridized carbons (Fsp3) is 0.857. The third-order valence-electron chi connectivity index (χ3n) is 2.79. The predicted octanol–water partition coefficient (Wildman–Crippen LogP) is 2.73. The van der Waals surface area contributed by atoms with Crippen LogP contribution in [0.25, 0.3) is 0 Å². The van der Waals surface area contributed by atoms with Gasteiger partial charge in [0.2, 0.25) is 0 Å². The molecule has 0 aromatic carbocycles. The first-order chi connectivity index (χ1) is 7.88. The monoisotopic (exact) mass is 241 g/mol. The van der Waals surface area contributed by atoms with Crippen molar-refractivity contribution >= 4 is 11.6 Å². The molecule has 1 atom stereocenters. The SMILES string of the molecule is CCC(=O)CCC[C@@H](NC(C)C)C(=O)C(C)C. The van der Waals surface area contributed by atoms with Gasteiger partial charge in [0.25, 0.3) is 0 Å². The summed E-state index contributed by atoms with van der Waals surface area (Å²) in [7, 11) is 0. The highest BCUT2D eigenvalue weighted by Crippen LogP contribution is 2.09. The molecule has 1 N–H and O–H groups in total. The third-order valence-corrected chi connectivity index (χ3v) is 2.79. The van der Waals surface area contributed by atoms with Crippen molar-refractivity contribution in [1.82, 2.24) is 5.32 Å². The van der Waals surface area contributed by atoms with E-state index in [0.717, 1.165) is 12.8 Å². The van der Waals surface area contributed by atoms with Gasteiger partial charge in [-0.3, -0.25) is 9.59 Å². The van der Waals surface area contributed by atoms with Gasteiger partial charge in [0.15, 0.2) is 5.78 Å². The topological polar surface area (TPSA) is 46.2 Å². The summed E-state index contributed by atoms with van der Waals surface area (Å²) in [6.45, 7) is 9.81. The van der Waals surface area contributed by atoms with Gasteiger partial charge in [-0.15, -0.1) is 0 Å². The fourth-order valence-corrected chi connectivity index (χ4v) is 1.79. The zero-order chi connectivity index (χ0) is 13.4. The summed E-state index contributed by atoms with van der Waals surface area (Å²) in [5.74, 6) is 0.584. The Labute approximate surface area is 105 Å². The minimum absolute atomic E-state index is 0.0492. The smallest absolute Gasteiger partial charge is 0.152 e. The molecule has 0 saturated heterocycles. The number of nitrogens with one attached hydrogen (secondary N) is 1. The van der Waals surface area contributed by atoms with Gasteiger partial charge in [0.05, 0.1) is 6.04 Å². The van der Waals surface area contributed by atoms with Crippen molar-refractivity contribution in [2.75, 3.05) is 0 Å². The lowest BCUT2D eigenvalue weighted by atomic mass is 9.96. The van der Waals surface area contributed by atoms with E-state index in [1.54, 1.807) is 0 Å². The zero-order valence-electron chi connectivity index (χ0n) is 11.9. The fourth-order valence-electron chi connectivity index (χ4n) is 1.79. The summed E-state index contributed by atoms with van der Waals surface area (Å²) in [5.41, 5.74) is 0. The second kappa shape index (κ2) is 8.40. The molecular formula is C14H27NO2. The molecule has 0 fully saturated rings. The molecule has 0 aliphatic rings. The Morgan fingerprint density at radius 3 is 2.12 bits per heavy atom. The van der Waals surface area contributed by atoms with Gasteiger partial charge < -0.3 is 5.32 Å². The molecule has 0 aliphatic carbocycles. The van der Waals surface area contributed by atoms with Gasteiger partial charge in [0, 0.05) is 24.8 Å². The molecule has 0 aromatic heterocycles. The molecule has 100 valence electrons. The Kier molecular flexibility index (Phi) is 8.05. The number of hydrogen-bond donors (Lipinski definition) is 1. The molecule has 0 unspecified atom stereocenters. The molecular weight excluding hydrogens is 214 g/mol. The van der Waals surface area contributed by atoms with Gasteiger partial charge >= 0.3 is 0 Å². The molecule has 0 radical (unpaired) electrons. The number of ketones is 2. The van der Waals surface area contributed by atoms with Crippen molar-refractivity contribution in [3.05, 3.63) is 0 Å². The maximum absolute atomic E-state index is 12.0. The van der Waals surface area contributed by atoms with E-state index in [1.807, 2.05) is 34.6 Å². The predicted molar refractivity (Wildman–Crippen MR) is 71.1 cm³/mol. The number of Topliss-reactive ketones (excluding diaryl/α,β-unsaturated/α-hetero) is 2. The first kappa shape index (κ1) is 16.3. The van der Waals surface area contributed by atoms with E-state index in [0.29, 0.717) is 18.9 Å². The highest BCUT2D eigenvalue weighted by molar-refractivity contribution is 5.85. The number of carbonyl (C=O) groups excluding carboxylic acids is 2. The minimum Gasteiger partial charge on any atom is -0.305 e. The van der Waals surface area contributed by atoms with Crippen molar-refractivity contribution in [3.63, 3.8) is 0 Å². The van der Waals surface area contributed by atoms with Crippen molar-refractivity contribution < 1.29 is 9.59 Å². The van der Waals surface area contributed by atoms with Crippen molar-refractivity contribution in [3.8, 4) is 0 Å². The first-order valence-electron chi connectivity index (χ1n) is 6.69. The molecule has 0 amide bonds. The summed E-state index contributed by atoms with van der Waals surface area (Å²) < 4.78 is 0. The van der Waals surface area contributed by atoms with Crippen molar-refractivity contribution in [2.45, 2.75) is 72.4 Å². The lowest BCUT2D eigenvalue weighted by Gasteiger charge is -2.21. The highest BCUT2D eigenvalue weighted by atomic mass is 16.1. The molecule has 0 aliphatic heterocycles. The van der Waals surface area contributed by atoms with Gasteiger partial charge in [-0.25, -0.2) is 0 Å². The van der Waals surface area contributed by atoms with Crippen LogP contribution in [0.5, 0.6) is 0 Å². The molecule has 0 heterocycles. The Morgan fingerprint density at radius 2 is 1.71 bits per heavy atom. The summed E-state index contributed by atoms with van der Waals surface area (Å²) in [6.07, 6.45) is 2.76. The number of carbonyl (C=O) groups is 2. The van der Waals surface area contributed by atoms with Gasteiger partial charge in [-0.2, -0.15) is 0 Å². The van der Waals surface area contributed by atoms with E-state index < -0.39 is 0 Å². The van der Waals surface area contributed by atoms with Gasteiger partial charge in [0.1, 0.15) is 5.78 Å². The first-order valence-corrected chi connectivity index (χ1v) is 6.69. The van der Waals surface area contributed by atoms with Crippen LogP contribution in [0.15, 0.2) is 0 Å². The normalized spacial score (nSPS) is 13.1. The van der Waals surface area contributed by atoms with Crippen molar-refractivity contribution in [1.29, 1.82) is 0 Å². The molecule has 3 nitrogen and oxygen atoms in total.